The summed E-state index contributed by atoms with van der Waals surface area (Å²) in [4.78, 5) is 35.4. The molecule has 144 valence electrons. The fourth-order valence-corrected chi connectivity index (χ4v) is 3.11. The number of aliphatic hydroxyl groups is 1. The monoisotopic (exact) mass is 392 g/mol. The summed E-state index contributed by atoms with van der Waals surface area (Å²) in [6.07, 6.45) is 0. The topological polar surface area (TPSA) is 125 Å². The zero-order chi connectivity index (χ0) is 20.0. The van der Waals surface area contributed by atoms with Crippen molar-refractivity contribution in [3.63, 3.8) is 0 Å². The Bertz CT molecular complexity index is 832. The number of carboxylic acids is 1. The van der Waals surface area contributed by atoms with Crippen LogP contribution in [0.3, 0.4) is 0 Å². The number of esters is 1. The molecule has 0 fully saturated rings. The summed E-state index contributed by atoms with van der Waals surface area (Å²) in [6.45, 7) is 2.43. The molecule has 0 saturated heterocycles. The number of amides is 2. The smallest absolute Gasteiger partial charge is 0.341 e. The molecular formula is C18H20N2O6S. The van der Waals surface area contributed by atoms with Crippen LogP contribution in [0.5, 0.6) is 0 Å². The molecule has 1 atom stereocenters. The van der Waals surface area contributed by atoms with E-state index in [4.69, 9.17) is 9.84 Å². The van der Waals surface area contributed by atoms with Crippen molar-refractivity contribution in [2.75, 3.05) is 18.5 Å². The van der Waals surface area contributed by atoms with Crippen LogP contribution in [0.15, 0.2) is 35.7 Å². The molecule has 0 aliphatic carbocycles. The van der Waals surface area contributed by atoms with Gasteiger partial charge in [0.1, 0.15) is 10.6 Å². The molecule has 0 aliphatic heterocycles. The number of urea groups is 1. The van der Waals surface area contributed by atoms with Crippen LogP contribution < -0.4 is 10.6 Å². The van der Waals surface area contributed by atoms with Crippen molar-refractivity contribution in [3.05, 3.63) is 41.3 Å². The molecule has 0 saturated carbocycles. The van der Waals surface area contributed by atoms with Crippen molar-refractivity contribution in [1.82, 2.24) is 5.32 Å². The molecule has 0 aliphatic rings. The van der Waals surface area contributed by atoms with Crippen molar-refractivity contribution in [2.24, 2.45) is 0 Å². The number of aliphatic carboxylic acids is 1. The van der Waals surface area contributed by atoms with Gasteiger partial charge in [-0.05, 0) is 19.4 Å². The molecule has 9 heteroatoms. The van der Waals surface area contributed by atoms with Gasteiger partial charge >= 0.3 is 18.0 Å². The highest BCUT2D eigenvalue weighted by Gasteiger charge is 2.30. The first-order chi connectivity index (χ1) is 12.8. The Labute approximate surface area is 159 Å². The normalized spacial score (nSPS) is 12.7. The Balaban J connectivity index is 2.24. The molecule has 0 bridgehead atoms. The van der Waals surface area contributed by atoms with Gasteiger partial charge in [-0.25, -0.2) is 14.4 Å². The van der Waals surface area contributed by atoms with E-state index in [1.807, 2.05) is 30.3 Å². The average molecular weight is 392 g/mol. The van der Waals surface area contributed by atoms with Crippen molar-refractivity contribution in [1.29, 1.82) is 0 Å². The Kier molecular flexibility index (Phi) is 6.54. The highest BCUT2D eigenvalue weighted by atomic mass is 32.1. The molecule has 2 amide bonds. The fraction of sp³-hybridized carbons (Fsp3) is 0.278. The summed E-state index contributed by atoms with van der Waals surface area (Å²) in [6, 6.07) is 8.42. The first kappa shape index (κ1) is 20.4. The van der Waals surface area contributed by atoms with Crippen molar-refractivity contribution in [2.45, 2.75) is 19.4 Å². The van der Waals surface area contributed by atoms with Crippen molar-refractivity contribution in [3.8, 4) is 11.1 Å². The van der Waals surface area contributed by atoms with E-state index in [9.17, 15) is 19.5 Å². The van der Waals surface area contributed by atoms with E-state index < -0.39 is 30.1 Å². The molecule has 1 aromatic carbocycles. The van der Waals surface area contributed by atoms with Crippen LogP contribution in [-0.2, 0) is 9.53 Å². The zero-order valence-electron chi connectivity index (χ0n) is 14.8. The number of carbonyl (C=O) groups excluding carboxylic acids is 2. The number of benzene rings is 1. The number of carbonyl (C=O) groups is 3. The molecule has 1 unspecified atom stereocenters. The third kappa shape index (κ3) is 5.05. The third-order valence-electron chi connectivity index (χ3n) is 3.64. The molecular weight excluding hydrogens is 372 g/mol. The lowest BCUT2D eigenvalue weighted by Gasteiger charge is -2.18. The minimum atomic E-state index is -2.11. The second-order valence-corrected chi connectivity index (χ2v) is 6.71. The fourth-order valence-electron chi connectivity index (χ4n) is 2.16. The van der Waals surface area contributed by atoms with Gasteiger partial charge in [0.15, 0.2) is 5.60 Å². The zero-order valence-corrected chi connectivity index (χ0v) is 15.6. The number of thiophene rings is 1. The predicted octanol–water partition coefficient (Wildman–Crippen LogP) is 2.55. The summed E-state index contributed by atoms with van der Waals surface area (Å²) < 4.78 is 5.09. The number of hydrogen-bond acceptors (Lipinski definition) is 6. The van der Waals surface area contributed by atoms with E-state index in [1.54, 1.807) is 12.3 Å². The van der Waals surface area contributed by atoms with E-state index in [0.29, 0.717) is 5.56 Å². The Morgan fingerprint density at radius 2 is 1.89 bits per heavy atom. The first-order valence-corrected chi connectivity index (χ1v) is 8.99. The summed E-state index contributed by atoms with van der Waals surface area (Å²) in [5, 5.41) is 25.3. The van der Waals surface area contributed by atoms with Crippen LogP contribution in [0, 0.1) is 0 Å². The molecule has 2 aromatic rings. The summed E-state index contributed by atoms with van der Waals surface area (Å²) in [5.41, 5.74) is -0.481. The summed E-state index contributed by atoms with van der Waals surface area (Å²) in [7, 11) is 0. The Hall–Kier alpha value is -2.91. The summed E-state index contributed by atoms with van der Waals surface area (Å²) in [5.74, 6) is -2.04. The Morgan fingerprint density at radius 1 is 1.22 bits per heavy atom. The number of ether oxygens (including phenoxy) is 1. The predicted molar refractivity (Wildman–Crippen MR) is 101 cm³/mol. The lowest BCUT2D eigenvalue weighted by molar-refractivity contribution is -0.155. The molecule has 0 spiro atoms. The maximum absolute atomic E-state index is 12.4. The van der Waals surface area contributed by atoms with Crippen molar-refractivity contribution < 1.29 is 29.3 Å². The van der Waals surface area contributed by atoms with Crippen LogP contribution >= 0.6 is 11.3 Å². The standard InChI is InChI=1S/C18H20N2O6S/c1-3-26-15(21)13-12(11-7-5-4-6-8-11)9-27-14(13)20-17(24)19-10-18(2,25)16(22)23/h4-9,25H,3,10H2,1-2H3,(H,22,23)(H2,19,20,24). The number of rotatable bonds is 7. The first-order valence-electron chi connectivity index (χ1n) is 8.11. The Morgan fingerprint density at radius 3 is 2.48 bits per heavy atom. The molecule has 1 aromatic heterocycles. The maximum atomic E-state index is 12.4. The highest BCUT2D eigenvalue weighted by molar-refractivity contribution is 7.15. The quantitative estimate of drug-likeness (QED) is 0.537. The lowest BCUT2D eigenvalue weighted by atomic mass is 10.0. The largest absolute Gasteiger partial charge is 0.479 e. The van der Waals surface area contributed by atoms with E-state index in [-0.39, 0.29) is 17.2 Å². The molecule has 27 heavy (non-hydrogen) atoms. The van der Waals surface area contributed by atoms with Crippen LogP contribution in [0.25, 0.3) is 11.1 Å². The van der Waals surface area contributed by atoms with Gasteiger partial charge in [-0.3, -0.25) is 5.32 Å². The van der Waals surface area contributed by atoms with Gasteiger partial charge in [-0.15, -0.1) is 11.3 Å². The van der Waals surface area contributed by atoms with Gasteiger partial charge in [0.05, 0.1) is 13.2 Å². The van der Waals surface area contributed by atoms with E-state index in [1.165, 1.54) is 0 Å². The van der Waals surface area contributed by atoms with Gasteiger partial charge in [-0.1, -0.05) is 30.3 Å². The van der Waals surface area contributed by atoms with Gasteiger partial charge in [0.25, 0.3) is 0 Å². The van der Waals surface area contributed by atoms with Crippen molar-refractivity contribution >= 4 is 34.3 Å². The number of carboxylic acid groups (broad SMARTS) is 1. The lowest BCUT2D eigenvalue weighted by Crippen LogP contribution is -2.47. The minimum Gasteiger partial charge on any atom is -0.479 e. The molecule has 2 rings (SSSR count). The number of anilines is 1. The van der Waals surface area contributed by atoms with E-state index in [0.717, 1.165) is 23.8 Å². The molecule has 0 radical (unpaired) electrons. The molecule has 1 heterocycles. The maximum Gasteiger partial charge on any atom is 0.341 e. The third-order valence-corrected chi connectivity index (χ3v) is 4.53. The SMILES string of the molecule is CCOC(=O)c1c(-c2ccccc2)csc1NC(=O)NCC(C)(O)C(=O)O. The van der Waals surface area contributed by atoms with Crippen LogP contribution in [0.1, 0.15) is 24.2 Å². The van der Waals surface area contributed by atoms with Gasteiger partial charge < -0.3 is 20.3 Å². The second kappa shape index (κ2) is 8.65. The van der Waals surface area contributed by atoms with E-state index >= 15 is 0 Å². The van der Waals surface area contributed by atoms with Crippen LogP contribution in [0.2, 0.25) is 0 Å². The second-order valence-electron chi connectivity index (χ2n) is 5.83. The van der Waals surface area contributed by atoms with Crippen LogP contribution in [-0.4, -0.2) is 46.9 Å². The van der Waals surface area contributed by atoms with Gasteiger partial charge in [0, 0.05) is 10.9 Å². The van der Waals surface area contributed by atoms with Gasteiger partial charge in [0.2, 0.25) is 0 Å². The van der Waals surface area contributed by atoms with Gasteiger partial charge in [-0.2, -0.15) is 0 Å². The van der Waals surface area contributed by atoms with E-state index in [2.05, 4.69) is 10.6 Å². The molecule has 8 nitrogen and oxygen atoms in total. The molecule has 4 N–H and O–H groups in total. The van der Waals surface area contributed by atoms with Crippen LogP contribution in [0.4, 0.5) is 9.80 Å². The average Bonchev–Trinajstić information content (AvgIpc) is 3.04. The summed E-state index contributed by atoms with van der Waals surface area (Å²) >= 11 is 1.14. The highest BCUT2D eigenvalue weighted by Crippen LogP contribution is 2.36. The number of nitrogens with one attached hydrogen (secondary N) is 2. The number of hydrogen-bond donors (Lipinski definition) is 4. The minimum absolute atomic E-state index is 0.177.